The number of hydrogen-bond donors (Lipinski definition) is 0. The van der Waals surface area contributed by atoms with Gasteiger partial charge in [0.2, 0.25) is 0 Å². The van der Waals surface area contributed by atoms with Crippen LogP contribution < -0.4 is 0 Å². The van der Waals surface area contributed by atoms with E-state index in [0.717, 1.165) is 5.69 Å². The second-order valence-electron chi connectivity index (χ2n) is 5.56. The van der Waals surface area contributed by atoms with E-state index < -0.39 is 0 Å². The number of aromatic nitrogens is 4. The molecule has 0 saturated heterocycles. The molecule has 2 rings (SSSR count). The number of rotatable bonds is 2. The molecule has 106 valence electrons. The van der Waals surface area contributed by atoms with Crippen molar-refractivity contribution in [2.75, 3.05) is 0 Å². The van der Waals surface area contributed by atoms with Gasteiger partial charge in [0.15, 0.2) is 0 Å². The van der Waals surface area contributed by atoms with Crippen LogP contribution in [-0.2, 0) is 14.1 Å². The molecule has 4 nitrogen and oxygen atoms in total. The first-order chi connectivity index (χ1) is 8.81. The summed E-state index contributed by atoms with van der Waals surface area (Å²) in [7, 11) is 3.91. The van der Waals surface area contributed by atoms with E-state index in [1.54, 1.807) is 0 Å². The van der Waals surface area contributed by atoms with Crippen molar-refractivity contribution in [1.29, 1.82) is 0 Å². The van der Waals surface area contributed by atoms with Gasteiger partial charge in [-0.25, -0.2) is 0 Å². The molecule has 19 heavy (non-hydrogen) atoms. The van der Waals surface area contributed by atoms with Crippen LogP contribution in [0, 0.1) is 6.92 Å². The lowest BCUT2D eigenvalue weighted by Crippen LogP contribution is -1.94. The number of nitrogens with zero attached hydrogens (tertiary/aromatic N) is 4. The first kappa shape index (κ1) is 15.5. The molecule has 0 spiro atoms. The summed E-state index contributed by atoms with van der Waals surface area (Å²) in [4.78, 5) is 0. The van der Waals surface area contributed by atoms with Gasteiger partial charge in [-0.05, 0) is 30.9 Å². The molecule has 2 aromatic heterocycles. The zero-order valence-corrected chi connectivity index (χ0v) is 13.2. The van der Waals surface area contributed by atoms with Crippen molar-refractivity contribution < 1.29 is 0 Å². The molecule has 0 saturated carbocycles. The first-order valence-corrected chi connectivity index (χ1v) is 6.81. The monoisotopic (exact) mass is 262 g/mol. The Labute approximate surface area is 116 Å². The molecule has 0 N–H and O–H groups in total. The van der Waals surface area contributed by atoms with Crippen molar-refractivity contribution in [2.45, 2.75) is 46.5 Å². The third-order valence-electron chi connectivity index (χ3n) is 3.05. The highest BCUT2D eigenvalue weighted by atomic mass is 15.3. The summed E-state index contributed by atoms with van der Waals surface area (Å²) >= 11 is 0. The van der Waals surface area contributed by atoms with Gasteiger partial charge in [-0.1, -0.05) is 27.7 Å². The average molecular weight is 262 g/mol. The smallest absolute Gasteiger partial charge is 0.0652 e. The summed E-state index contributed by atoms with van der Waals surface area (Å²) in [6.45, 7) is 10.7. The normalized spacial score (nSPS) is 10.8. The Morgan fingerprint density at radius 1 is 0.947 bits per heavy atom. The maximum atomic E-state index is 4.33. The van der Waals surface area contributed by atoms with Crippen molar-refractivity contribution in [1.82, 2.24) is 19.6 Å². The van der Waals surface area contributed by atoms with Crippen molar-refractivity contribution in [2.24, 2.45) is 14.1 Å². The molecule has 0 amide bonds. The maximum absolute atomic E-state index is 4.33. The molecule has 2 aromatic rings. The summed E-state index contributed by atoms with van der Waals surface area (Å²) in [6.07, 6.45) is 1.97. The van der Waals surface area contributed by atoms with Crippen molar-refractivity contribution in [3.63, 3.8) is 0 Å². The molecule has 4 heteroatoms. The predicted molar refractivity (Wildman–Crippen MR) is 79.3 cm³/mol. The van der Waals surface area contributed by atoms with Crippen LogP contribution in [0.3, 0.4) is 0 Å². The lowest BCUT2D eigenvalue weighted by molar-refractivity contribution is 0.698. The molecule has 0 aliphatic rings. The molecule has 0 fully saturated rings. The molecule has 0 aromatic carbocycles. The standard InChI is InChI=1S/C8H14N2.C7H12N2/c1-6(2)8-5-7(3)10(4)9-8;1-6(2)7-4-5-9(3)8-7/h5-6H,1-4H3;4-6H,1-3H3. The van der Waals surface area contributed by atoms with Crippen LogP contribution in [-0.4, -0.2) is 19.6 Å². The zero-order chi connectivity index (χ0) is 14.6. The van der Waals surface area contributed by atoms with E-state index in [0.29, 0.717) is 11.8 Å². The fourth-order valence-electron chi connectivity index (χ4n) is 1.61. The fraction of sp³-hybridized carbons (Fsp3) is 0.600. The lowest BCUT2D eigenvalue weighted by atomic mass is 10.1. The first-order valence-electron chi connectivity index (χ1n) is 6.81. The van der Waals surface area contributed by atoms with E-state index in [9.17, 15) is 0 Å². The van der Waals surface area contributed by atoms with Gasteiger partial charge < -0.3 is 0 Å². The van der Waals surface area contributed by atoms with Crippen LogP contribution in [0.4, 0.5) is 0 Å². The highest BCUT2D eigenvalue weighted by Gasteiger charge is 2.03. The van der Waals surface area contributed by atoms with E-state index in [2.05, 4.69) is 50.9 Å². The summed E-state index contributed by atoms with van der Waals surface area (Å²) < 4.78 is 3.74. The van der Waals surface area contributed by atoms with E-state index >= 15 is 0 Å². The summed E-state index contributed by atoms with van der Waals surface area (Å²) in [5.74, 6) is 1.09. The quantitative estimate of drug-likeness (QED) is 0.831. The molecule has 0 bridgehead atoms. The Kier molecular flexibility index (Phi) is 5.33. The summed E-state index contributed by atoms with van der Waals surface area (Å²) in [5.41, 5.74) is 3.57. The van der Waals surface area contributed by atoms with Crippen LogP contribution in [0.2, 0.25) is 0 Å². The van der Waals surface area contributed by atoms with E-state index in [4.69, 9.17) is 0 Å². The number of aryl methyl sites for hydroxylation is 3. The molecule has 0 aliphatic heterocycles. The Hall–Kier alpha value is -1.58. The minimum absolute atomic E-state index is 0.542. The van der Waals surface area contributed by atoms with Crippen LogP contribution in [0.25, 0.3) is 0 Å². The highest BCUT2D eigenvalue weighted by Crippen LogP contribution is 2.12. The van der Waals surface area contributed by atoms with Gasteiger partial charge >= 0.3 is 0 Å². The van der Waals surface area contributed by atoms with Gasteiger partial charge in [0, 0.05) is 26.0 Å². The van der Waals surface area contributed by atoms with Crippen molar-refractivity contribution in [3.8, 4) is 0 Å². The van der Waals surface area contributed by atoms with Gasteiger partial charge in [0.25, 0.3) is 0 Å². The molecule has 0 unspecified atom stereocenters. The predicted octanol–water partition coefficient (Wildman–Crippen LogP) is 3.40. The molecule has 0 aliphatic carbocycles. The minimum atomic E-state index is 0.542. The third kappa shape index (κ3) is 4.54. The van der Waals surface area contributed by atoms with Crippen molar-refractivity contribution in [3.05, 3.63) is 35.4 Å². The van der Waals surface area contributed by atoms with Gasteiger partial charge in [-0.2, -0.15) is 10.2 Å². The third-order valence-corrected chi connectivity index (χ3v) is 3.05. The summed E-state index contributed by atoms with van der Waals surface area (Å²) in [6, 6.07) is 4.18. The van der Waals surface area contributed by atoms with Gasteiger partial charge in [0.05, 0.1) is 11.4 Å². The second kappa shape index (κ2) is 6.55. The average Bonchev–Trinajstić information content (AvgIpc) is 2.88. The SMILES string of the molecule is CC(C)c1ccn(C)n1.Cc1cc(C(C)C)nn1C. The van der Waals surface area contributed by atoms with Gasteiger partial charge in [-0.15, -0.1) is 0 Å². The minimum Gasteiger partial charge on any atom is -0.276 e. The van der Waals surface area contributed by atoms with Gasteiger partial charge in [0.1, 0.15) is 0 Å². The molecule has 0 radical (unpaired) electrons. The highest BCUT2D eigenvalue weighted by molar-refractivity contribution is 5.11. The Morgan fingerprint density at radius 2 is 1.53 bits per heavy atom. The fourth-order valence-corrected chi connectivity index (χ4v) is 1.61. The van der Waals surface area contributed by atoms with Crippen LogP contribution >= 0.6 is 0 Å². The Balaban J connectivity index is 0.000000191. The lowest BCUT2D eigenvalue weighted by Gasteiger charge is -1.95. The van der Waals surface area contributed by atoms with Crippen molar-refractivity contribution >= 4 is 0 Å². The molecule has 0 atom stereocenters. The van der Waals surface area contributed by atoms with E-state index in [1.807, 2.05) is 35.7 Å². The van der Waals surface area contributed by atoms with Crippen LogP contribution in [0.1, 0.15) is 56.6 Å². The van der Waals surface area contributed by atoms with Gasteiger partial charge in [-0.3, -0.25) is 9.36 Å². The molecule has 2 heterocycles. The summed E-state index contributed by atoms with van der Waals surface area (Å²) in [5, 5.41) is 8.55. The molecular weight excluding hydrogens is 236 g/mol. The number of hydrogen-bond acceptors (Lipinski definition) is 2. The van der Waals surface area contributed by atoms with Crippen LogP contribution in [0.15, 0.2) is 18.3 Å². The van der Waals surface area contributed by atoms with E-state index in [1.165, 1.54) is 11.4 Å². The molecular formula is C15H26N4. The maximum Gasteiger partial charge on any atom is 0.0652 e. The largest absolute Gasteiger partial charge is 0.276 e. The van der Waals surface area contributed by atoms with Crippen LogP contribution in [0.5, 0.6) is 0 Å². The zero-order valence-electron chi connectivity index (χ0n) is 13.2. The van der Waals surface area contributed by atoms with E-state index in [-0.39, 0.29) is 0 Å². The second-order valence-corrected chi connectivity index (χ2v) is 5.56. The topological polar surface area (TPSA) is 35.6 Å². The Morgan fingerprint density at radius 3 is 1.74 bits per heavy atom. The Bertz CT molecular complexity index is 486.